The van der Waals surface area contributed by atoms with Gasteiger partial charge in [0.1, 0.15) is 11.4 Å². The van der Waals surface area contributed by atoms with Crippen LogP contribution in [0.15, 0.2) is 12.1 Å². The van der Waals surface area contributed by atoms with Gasteiger partial charge in [0.25, 0.3) is 0 Å². The highest BCUT2D eigenvalue weighted by molar-refractivity contribution is 5.89. The molecule has 4 rings (SSSR count). The highest BCUT2D eigenvalue weighted by atomic mass is 19.1. The fourth-order valence-corrected chi connectivity index (χ4v) is 5.18. The number of esters is 1. The summed E-state index contributed by atoms with van der Waals surface area (Å²) in [5.41, 5.74) is 1.57. The number of methoxy groups -OCH3 is 1. The van der Waals surface area contributed by atoms with E-state index in [1.807, 2.05) is 20.8 Å². The molecule has 0 radical (unpaired) electrons. The lowest BCUT2D eigenvalue weighted by atomic mass is 9.78. The molecule has 1 unspecified atom stereocenters. The summed E-state index contributed by atoms with van der Waals surface area (Å²) in [5, 5.41) is 0. The molecule has 0 bridgehead atoms. The van der Waals surface area contributed by atoms with E-state index in [1.165, 1.54) is 13.2 Å². The van der Waals surface area contributed by atoms with Crippen LogP contribution in [0.2, 0.25) is 0 Å². The van der Waals surface area contributed by atoms with Crippen LogP contribution in [0.1, 0.15) is 61.5 Å². The van der Waals surface area contributed by atoms with Gasteiger partial charge < -0.3 is 14.4 Å². The van der Waals surface area contributed by atoms with Gasteiger partial charge in [0.05, 0.1) is 12.7 Å². The van der Waals surface area contributed by atoms with Gasteiger partial charge in [-0.15, -0.1) is 0 Å². The number of benzene rings is 1. The van der Waals surface area contributed by atoms with Crippen LogP contribution in [0, 0.1) is 11.2 Å². The molecule has 3 aliphatic rings. The Morgan fingerprint density at radius 1 is 1.23 bits per heavy atom. The number of likely N-dealkylation sites (tertiary alicyclic amines) is 1. The summed E-state index contributed by atoms with van der Waals surface area (Å²) < 4.78 is 24.9. The van der Waals surface area contributed by atoms with Crippen molar-refractivity contribution >= 4 is 12.1 Å². The van der Waals surface area contributed by atoms with Crippen LogP contribution < -0.4 is 0 Å². The first kappa shape index (κ1) is 21.1. The van der Waals surface area contributed by atoms with Gasteiger partial charge in [0, 0.05) is 43.2 Å². The number of hydrogen-bond donors (Lipinski definition) is 0. The fourth-order valence-electron chi connectivity index (χ4n) is 5.18. The predicted molar refractivity (Wildman–Crippen MR) is 110 cm³/mol. The minimum absolute atomic E-state index is 0.176. The topological polar surface area (TPSA) is 59.1 Å². The van der Waals surface area contributed by atoms with E-state index in [4.69, 9.17) is 9.47 Å². The number of amides is 1. The first-order chi connectivity index (χ1) is 14.1. The molecule has 30 heavy (non-hydrogen) atoms. The normalized spacial score (nSPS) is 23.1. The van der Waals surface area contributed by atoms with Gasteiger partial charge in [-0.3, -0.25) is 4.90 Å². The maximum absolute atomic E-state index is 14.7. The molecule has 2 fully saturated rings. The van der Waals surface area contributed by atoms with Gasteiger partial charge in [0.2, 0.25) is 0 Å². The maximum Gasteiger partial charge on any atom is 0.410 e. The lowest BCUT2D eigenvalue weighted by Gasteiger charge is -2.48. The molecule has 1 aromatic carbocycles. The second-order valence-electron chi connectivity index (χ2n) is 10.0. The first-order valence-electron chi connectivity index (χ1n) is 10.7. The van der Waals surface area contributed by atoms with Crippen LogP contribution in [0.25, 0.3) is 0 Å². The van der Waals surface area contributed by atoms with E-state index in [9.17, 15) is 14.0 Å². The molecule has 1 amide bonds. The average Bonchev–Trinajstić information content (AvgIpc) is 3.10. The Hall–Kier alpha value is -2.15. The Morgan fingerprint density at radius 3 is 2.63 bits per heavy atom. The summed E-state index contributed by atoms with van der Waals surface area (Å²) in [6.07, 6.45) is 3.68. The van der Waals surface area contributed by atoms with Gasteiger partial charge >= 0.3 is 12.1 Å². The quantitative estimate of drug-likeness (QED) is 0.685. The van der Waals surface area contributed by atoms with E-state index >= 15 is 0 Å². The molecular weight excluding hydrogens is 387 g/mol. The van der Waals surface area contributed by atoms with Crippen molar-refractivity contribution in [2.24, 2.45) is 5.41 Å². The summed E-state index contributed by atoms with van der Waals surface area (Å²) in [4.78, 5) is 28.2. The zero-order valence-corrected chi connectivity index (χ0v) is 18.3. The van der Waals surface area contributed by atoms with Gasteiger partial charge in [-0.25, -0.2) is 14.0 Å². The van der Waals surface area contributed by atoms with Crippen LogP contribution in [-0.2, 0) is 22.4 Å². The van der Waals surface area contributed by atoms with E-state index in [2.05, 4.69) is 4.90 Å². The largest absolute Gasteiger partial charge is 0.465 e. The predicted octanol–water partition coefficient (Wildman–Crippen LogP) is 3.76. The molecule has 0 aromatic heterocycles. The number of rotatable bonds is 2. The highest BCUT2D eigenvalue weighted by Gasteiger charge is 2.51. The second-order valence-corrected chi connectivity index (χ2v) is 10.0. The van der Waals surface area contributed by atoms with Crippen molar-refractivity contribution in [3.8, 4) is 0 Å². The van der Waals surface area contributed by atoms with Gasteiger partial charge in [0.15, 0.2) is 0 Å². The minimum Gasteiger partial charge on any atom is -0.465 e. The maximum atomic E-state index is 14.7. The van der Waals surface area contributed by atoms with Crippen LogP contribution in [-0.4, -0.2) is 60.2 Å². The van der Waals surface area contributed by atoms with E-state index in [0.29, 0.717) is 18.2 Å². The van der Waals surface area contributed by atoms with Crippen molar-refractivity contribution in [3.63, 3.8) is 0 Å². The standard InChI is InChI=1S/C23H31FN2O4/c1-22(2,3)30-21(28)26-13-23(14-26)7-5-17(11-23)25-8-6-15-9-16(20(27)29-4)10-19(24)18(15)12-25/h9-10,17H,5-8,11-14H2,1-4H3. The Kier molecular flexibility index (Phi) is 5.29. The number of fused-ring (bicyclic) bond motifs is 1. The van der Waals surface area contributed by atoms with Crippen molar-refractivity contribution in [1.29, 1.82) is 0 Å². The lowest BCUT2D eigenvalue weighted by Crippen LogP contribution is -2.58. The Balaban J connectivity index is 1.37. The highest BCUT2D eigenvalue weighted by Crippen LogP contribution is 2.48. The van der Waals surface area contributed by atoms with E-state index in [-0.39, 0.29) is 22.9 Å². The molecule has 0 N–H and O–H groups in total. The molecule has 2 aliphatic heterocycles. The SMILES string of the molecule is COC(=O)c1cc(F)c2c(c1)CCN(C1CCC3(C1)CN(C(=O)OC(C)(C)C)C3)C2. The summed E-state index contributed by atoms with van der Waals surface area (Å²) in [5.74, 6) is -0.832. The monoisotopic (exact) mass is 418 g/mol. The van der Waals surface area contributed by atoms with Crippen molar-refractivity contribution in [2.45, 2.75) is 64.6 Å². The van der Waals surface area contributed by atoms with Crippen LogP contribution in [0.4, 0.5) is 9.18 Å². The third-order valence-corrected chi connectivity index (χ3v) is 6.64. The molecule has 1 aliphatic carbocycles. The van der Waals surface area contributed by atoms with Crippen molar-refractivity contribution < 1.29 is 23.5 Å². The number of halogens is 1. The van der Waals surface area contributed by atoms with Gasteiger partial charge in [-0.1, -0.05) is 0 Å². The van der Waals surface area contributed by atoms with Crippen molar-refractivity contribution in [3.05, 3.63) is 34.6 Å². The Bertz CT molecular complexity index is 857. The molecule has 164 valence electrons. The zero-order valence-electron chi connectivity index (χ0n) is 18.3. The lowest BCUT2D eigenvalue weighted by molar-refractivity contribution is -0.0346. The van der Waals surface area contributed by atoms with E-state index < -0.39 is 11.6 Å². The number of carbonyl (C=O) groups excluding carboxylic acids is 2. The van der Waals surface area contributed by atoms with Crippen LogP contribution in [0.3, 0.4) is 0 Å². The molecular formula is C23H31FN2O4. The Morgan fingerprint density at radius 2 is 1.97 bits per heavy atom. The molecule has 1 saturated heterocycles. The van der Waals surface area contributed by atoms with Crippen molar-refractivity contribution in [1.82, 2.24) is 9.80 Å². The van der Waals surface area contributed by atoms with Gasteiger partial charge in [-0.2, -0.15) is 0 Å². The molecule has 6 nitrogen and oxygen atoms in total. The summed E-state index contributed by atoms with van der Waals surface area (Å²) >= 11 is 0. The summed E-state index contributed by atoms with van der Waals surface area (Å²) in [6, 6.07) is 3.45. The third-order valence-electron chi connectivity index (χ3n) is 6.64. The van der Waals surface area contributed by atoms with Crippen molar-refractivity contribution in [2.75, 3.05) is 26.7 Å². The Labute approximate surface area is 177 Å². The molecule has 1 spiro atoms. The molecule has 1 saturated carbocycles. The average molecular weight is 419 g/mol. The molecule has 1 atom stereocenters. The molecule has 2 heterocycles. The molecule has 1 aromatic rings. The van der Waals surface area contributed by atoms with E-state index in [0.717, 1.165) is 50.9 Å². The summed E-state index contributed by atoms with van der Waals surface area (Å²) in [7, 11) is 1.31. The minimum atomic E-state index is -0.503. The summed E-state index contributed by atoms with van der Waals surface area (Å²) in [6.45, 7) is 8.57. The fraction of sp³-hybridized carbons (Fsp3) is 0.652. The van der Waals surface area contributed by atoms with E-state index in [1.54, 1.807) is 11.0 Å². The number of nitrogens with zero attached hydrogens (tertiary/aromatic N) is 2. The van der Waals surface area contributed by atoms with Gasteiger partial charge in [-0.05, 0) is 64.2 Å². The number of ether oxygens (including phenoxy) is 2. The smallest absolute Gasteiger partial charge is 0.410 e. The van der Waals surface area contributed by atoms with Crippen LogP contribution >= 0.6 is 0 Å². The number of hydrogen-bond acceptors (Lipinski definition) is 5. The van der Waals surface area contributed by atoms with Crippen LogP contribution in [0.5, 0.6) is 0 Å². The second kappa shape index (κ2) is 7.52. The zero-order chi connectivity index (χ0) is 21.7. The first-order valence-corrected chi connectivity index (χ1v) is 10.7. The third kappa shape index (κ3) is 4.04. The number of carbonyl (C=O) groups is 2. The molecule has 7 heteroatoms.